The Hall–Kier alpha value is -2.76. The number of halogens is 2. The van der Waals surface area contributed by atoms with E-state index in [1.54, 1.807) is 0 Å². The minimum absolute atomic E-state index is 0.148. The second kappa shape index (κ2) is 8.37. The monoisotopic (exact) mass is 347 g/mol. The van der Waals surface area contributed by atoms with Gasteiger partial charge in [-0.05, 0) is 31.0 Å². The van der Waals surface area contributed by atoms with E-state index in [1.807, 2.05) is 30.3 Å². The molecule has 0 saturated carbocycles. The van der Waals surface area contributed by atoms with Crippen molar-refractivity contribution in [2.45, 2.75) is 19.3 Å². The van der Waals surface area contributed by atoms with Crippen molar-refractivity contribution in [1.29, 1.82) is 0 Å². The minimum atomic E-state index is -1.18. The smallest absolute Gasteiger partial charge is 0.323 e. The van der Waals surface area contributed by atoms with Gasteiger partial charge in [-0.3, -0.25) is 9.59 Å². The highest BCUT2D eigenvalue weighted by Crippen LogP contribution is 2.24. The lowest BCUT2D eigenvalue weighted by Gasteiger charge is -2.25. The summed E-state index contributed by atoms with van der Waals surface area (Å²) in [5.41, 5.74) is 0.595. The quantitative estimate of drug-likeness (QED) is 0.837. The number of rotatable bonds is 7. The SMILES string of the molecule is CC(C(=O)N(CCc1ccccc1)CC(=O)O)c1c(F)cccc1F. The van der Waals surface area contributed by atoms with Gasteiger partial charge < -0.3 is 10.0 Å². The van der Waals surface area contributed by atoms with Crippen molar-refractivity contribution in [3.8, 4) is 0 Å². The van der Waals surface area contributed by atoms with E-state index >= 15 is 0 Å². The van der Waals surface area contributed by atoms with Crippen LogP contribution in [0.4, 0.5) is 8.78 Å². The molecule has 4 nitrogen and oxygen atoms in total. The van der Waals surface area contributed by atoms with Crippen LogP contribution in [0, 0.1) is 11.6 Å². The summed E-state index contributed by atoms with van der Waals surface area (Å²) in [6, 6.07) is 12.6. The van der Waals surface area contributed by atoms with Crippen molar-refractivity contribution in [3.05, 3.63) is 71.3 Å². The van der Waals surface area contributed by atoms with Crippen LogP contribution in [0.3, 0.4) is 0 Å². The average molecular weight is 347 g/mol. The van der Waals surface area contributed by atoms with Crippen molar-refractivity contribution in [3.63, 3.8) is 0 Å². The van der Waals surface area contributed by atoms with Crippen molar-refractivity contribution >= 4 is 11.9 Å². The molecule has 2 rings (SSSR count). The third-order valence-corrected chi connectivity index (χ3v) is 3.95. The van der Waals surface area contributed by atoms with Gasteiger partial charge in [0, 0.05) is 12.1 Å². The van der Waals surface area contributed by atoms with E-state index in [0.717, 1.165) is 22.6 Å². The fourth-order valence-corrected chi connectivity index (χ4v) is 2.66. The van der Waals surface area contributed by atoms with E-state index in [-0.39, 0.29) is 12.1 Å². The summed E-state index contributed by atoms with van der Waals surface area (Å²) in [4.78, 5) is 24.8. The molecular weight excluding hydrogens is 328 g/mol. The van der Waals surface area contributed by atoms with Gasteiger partial charge in [0.25, 0.3) is 0 Å². The summed E-state index contributed by atoms with van der Waals surface area (Å²) in [7, 11) is 0. The second-order valence-electron chi connectivity index (χ2n) is 5.75. The molecule has 1 N–H and O–H groups in total. The molecule has 25 heavy (non-hydrogen) atoms. The zero-order chi connectivity index (χ0) is 18.4. The molecule has 0 fully saturated rings. The van der Waals surface area contributed by atoms with Crippen LogP contribution >= 0.6 is 0 Å². The molecule has 2 aromatic rings. The Bertz CT molecular complexity index is 729. The standard InChI is InChI=1S/C19H19F2NO3/c1-13(18-15(20)8-5-9-16(18)21)19(25)22(12-17(23)24)11-10-14-6-3-2-4-7-14/h2-9,13H,10-12H2,1H3,(H,23,24). The molecule has 0 aliphatic carbocycles. The van der Waals surface area contributed by atoms with E-state index < -0.39 is 36.0 Å². The number of carboxylic acid groups (broad SMARTS) is 1. The largest absolute Gasteiger partial charge is 0.480 e. The van der Waals surface area contributed by atoms with E-state index in [1.165, 1.54) is 13.0 Å². The fourth-order valence-electron chi connectivity index (χ4n) is 2.66. The number of aliphatic carboxylic acids is 1. The first-order valence-corrected chi connectivity index (χ1v) is 7.88. The Morgan fingerprint density at radius 1 is 1.04 bits per heavy atom. The topological polar surface area (TPSA) is 57.6 Å². The lowest BCUT2D eigenvalue weighted by Crippen LogP contribution is -2.40. The summed E-state index contributed by atoms with van der Waals surface area (Å²) in [5.74, 6) is -4.56. The minimum Gasteiger partial charge on any atom is -0.480 e. The van der Waals surface area contributed by atoms with Gasteiger partial charge in [0.15, 0.2) is 0 Å². The molecule has 0 bridgehead atoms. The van der Waals surface area contributed by atoms with Gasteiger partial charge in [-0.15, -0.1) is 0 Å². The third-order valence-electron chi connectivity index (χ3n) is 3.95. The molecule has 0 radical (unpaired) electrons. The predicted molar refractivity (Wildman–Crippen MR) is 89.1 cm³/mol. The van der Waals surface area contributed by atoms with E-state index in [4.69, 9.17) is 5.11 Å². The molecular formula is C19H19F2NO3. The van der Waals surface area contributed by atoms with Gasteiger partial charge in [0.1, 0.15) is 18.2 Å². The Morgan fingerprint density at radius 2 is 1.64 bits per heavy atom. The van der Waals surface area contributed by atoms with E-state index in [9.17, 15) is 18.4 Å². The molecule has 0 heterocycles. The summed E-state index contributed by atoms with van der Waals surface area (Å²) in [5, 5.41) is 9.05. The number of carbonyl (C=O) groups is 2. The molecule has 6 heteroatoms. The summed E-state index contributed by atoms with van der Waals surface area (Å²) in [6.07, 6.45) is 0.451. The van der Waals surface area contributed by atoms with Crippen molar-refractivity contribution < 1.29 is 23.5 Å². The van der Waals surface area contributed by atoms with Gasteiger partial charge >= 0.3 is 5.97 Å². The average Bonchev–Trinajstić information content (AvgIpc) is 2.58. The maximum absolute atomic E-state index is 13.9. The number of hydrogen-bond donors (Lipinski definition) is 1. The number of nitrogens with zero attached hydrogens (tertiary/aromatic N) is 1. The Balaban J connectivity index is 2.18. The van der Waals surface area contributed by atoms with Gasteiger partial charge in [-0.2, -0.15) is 0 Å². The van der Waals surface area contributed by atoms with Crippen LogP contribution < -0.4 is 0 Å². The van der Waals surface area contributed by atoms with Crippen LogP contribution in [-0.4, -0.2) is 35.0 Å². The number of amides is 1. The van der Waals surface area contributed by atoms with Crippen LogP contribution in [0.2, 0.25) is 0 Å². The van der Waals surface area contributed by atoms with E-state index in [0.29, 0.717) is 6.42 Å². The fraction of sp³-hybridized carbons (Fsp3) is 0.263. The number of carboxylic acids is 1. The Labute approximate surface area is 144 Å². The molecule has 1 unspecified atom stereocenters. The van der Waals surface area contributed by atoms with Gasteiger partial charge in [0.05, 0.1) is 5.92 Å². The molecule has 1 amide bonds. The second-order valence-corrected chi connectivity index (χ2v) is 5.75. The molecule has 1 atom stereocenters. The maximum atomic E-state index is 13.9. The normalized spacial score (nSPS) is 11.8. The number of carbonyl (C=O) groups excluding carboxylic acids is 1. The molecule has 0 aliphatic heterocycles. The van der Waals surface area contributed by atoms with Gasteiger partial charge in [-0.25, -0.2) is 8.78 Å². The van der Waals surface area contributed by atoms with Gasteiger partial charge in [0.2, 0.25) is 5.91 Å². The number of hydrogen-bond acceptors (Lipinski definition) is 2. The molecule has 0 aromatic heterocycles. The first kappa shape index (κ1) is 18.6. The Kier molecular flexibility index (Phi) is 6.22. The maximum Gasteiger partial charge on any atom is 0.323 e. The zero-order valence-corrected chi connectivity index (χ0v) is 13.8. The van der Waals surface area contributed by atoms with Crippen molar-refractivity contribution in [2.75, 3.05) is 13.1 Å². The molecule has 2 aromatic carbocycles. The highest BCUT2D eigenvalue weighted by Gasteiger charge is 2.27. The summed E-state index contributed by atoms with van der Waals surface area (Å²) >= 11 is 0. The lowest BCUT2D eigenvalue weighted by molar-refractivity contribution is -0.145. The van der Waals surface area contributed by atoms with Crippen LogP contribution in [-0.2, 0) is 16.0 Å². The third kappa shape index (κ3) is 4.86. The van der Waals surface area contributed by atoms with Crippen molar-refractivity contribution in [1.82, 2.24) is 4.90 Å². The van der Waals surface area contributed by atoms with Crippen LogP contribution in [0.25, 0.3) is 0 Å². The van der Waals surface area contributed by atoms with Crippen LogP contribution in [0.5, 0.6) is 0 Å². The molecule has 0 spiro atoms. The highest BCUT2D eigenvalue weighted by atomic mass is 19.1. The van der Waals surface area contributed by atoms with Crippen LogP contribution in [0.15, 0.2) is 48.5 Å². The molecule has 0 aliphatic rings. The summed E-state index contributed by atoms with van der Waals surface area (Å²) < 4.78 is 27.8. The molecule has 132 valence electrons. The molecule has 0 saturated heterocycles. The lowest BCUT2D eigenvalue weighted by atomic mass is 9.98. The van der Waals surface area contributed by atoms with Crippen LogP contribution in [0.1, 0.15) is 24.0 Å². The summed E-state index contributed by atoms with van der Waals surface area (Å²) in [6.45, 7) is 1.00. The zero-order valence-electron chi connectivity index (χ0n) is 13.8. The first-order chi connectivity index (χ1) is 11.9. The number of benzene rings is 2. The van der Waals surface area contributed by atoms with Crippen molar-refractivity contribution in [2.24, 2.45) is 0 Å². The van der Waals surface area contributed by atoms with E-state index in [2.05, 4.69) is 0 Å². The highest BCUT2D eigenvalue weighted by molar-refractivity contribution is 5.86. The van der Waals surface area contributed by atoms with Gasteiger partial charge in [-0.1, -0.05) is 36.4 Å². The predicted octanol–water partition coefficient (Wildman–Crippen LogP) is 3.22. The first-order valence-electron chi connectivity index (χ1n) is 7.88. The Morgan fingerprint density at radius 3 is 2.20 bits per heavy atom.